The van der Waals surface area contributed by atoms with Crippen molar-refractivity contribution in [2.24, 2.45) is 0 Å². The van der Waals surface area contributed by atoms with Gasteiger partial charge in [-0.15, -0.1) is 0 Å². The Morgan fingerprint density at radius 2 is 1.67 bits per heavy atom. The number of hydrogen-bond donors (Lipinski definition) is 1. The molecule has 0 radical (unpaired) electrons. The van der Waals surface area contributed by atoms with Crippen LogP contribution in [-0.2, 0) is 0 Å². The normalized spacial score (nSPS) is 10.3. The van der Waals surface area contributed by atoms with Gasteiger partial charge >= 0.3 is 0 Å². The van der Waals surface area contributed by atoms with Gasteiger partial charge in [-0.05, 0) is 47.9 Å². The smallest absolute Gasteiger partial charge is 0.123 e. The van der Waals surface area contributed by atoms with E-state index in [-0.39, 0.29) is 11.6 Å². The molecule has 76 valence electrons. The Labute approximate surface area is 87.8 Å². The average Bonchev–Trinajstić information content (AvgIpc) is 2.23. The average molecular weight is 202 g/mol. The topological polar surface area (TPSA) is 20.2 Å². The standard InChI is InChI=1S/C13H11FO/c1-9-2-7-12(15)8-13(9)10-3-5-11(14)6-4-10/h2-8,15H,1H3. The van der Waals surface area contributed by atoms with Crippen LogP contribution in [0.25, 0.3) is 11.1 Å². The van der Waals surface area contributed by atoms with Crippen LogP contribution < -0.4 is 0 Å². The van der Waals surface area contributed by atoms with Crippen LogP contribution in [0.4, 0.5) is 4.39 Å². The largest absolute Gasteiger partial charge is 0.508 e. The van der Waals surface area contributed by atoms with Gasteiger partial charge in [-0.2, -0.15) is 0 Å². The van der Waals surface area contributed by atoms with Gasteiger partial charge in [-0.25, -0.2) is 4.39 Å². The molecule has 0 amide bonds. The lowest BCUT2D eigenvalue weighted by molar-refractivity contribution is 0.475. The van der Waals surface area contributed by atoms with Gasteiger partial charge in [0.25, 0.3) is 0 Å². The van der Waals surface area contributed by atoms with Crippen LogP contribution in [-0.4, -0.2) is 5.11 Å². The van der Waals surface area contributed by atoms with Gasteiger partial charge in [0.1, 0.15) is 11.6 Å². The molecule has 0 aliphatic heterocycles. The highest BCUT2D eigenvalue weighted by molar-refractivity contribution is 5.68. The van der Waals surface area contributed by atoms with Crippen molar-refractivity contribution in [2.45, 2.75) is 6.92 Å². The number of hydrogen-bond acceptors (Lipinski definition) is 1. The summed E-state index contributed by atoms with van der Waals surface area (Å²) in [6, 6.07) is 11.4. The first-order chi connectivity index (χ1) is 7.16. The van der Waals surface area contributed by atoms with Crippen molar-refractivity contribution in [1.29, 1.82) is 0 Å². The van der Waals surface area contributed by atoms with E-state index in [4.69, 9.17) is 0 Å². The zero-order valence-electron chi connectivity index (χ0n) is 8.37. The van der Waals surface area contributed by atoms with Crippen LogP contribution in [0.5, 0.6) is 5.75 Å². The van der Waals surface area contributed by atoms with Gasteiger partial charge in [0, 0.05) is 0 Å². The maximum atomic E-state index is 12.7. The summed E-state index contributed by atoms with van der Waals surface area (Å²) < 4.78 is 12.7. The molecule has 1 nitrogen and oxygen atoms in total. The van der Waals surface area contributed by atoms with Gasteiger partial charge in [0.05, 0.1) is 0 Å². The third-order valence-electron chi connectivity index (χ3n) is 2.38. The second kappa shape index (κ2) is 3.73. The summed E-state index contributed by atoms with van der Waals surface area (Å²) in [7, 11) is 0. The van der Waals surface area contributed by atoms with Crippen molar-refractivity contribution in [1.82, 2.24) is 0 Å². The van der Waals surface area contributed by atoms with Crippen LogP contribution in [0.1, 0.15) is 5.56 Å². The summed E-state index contributed by atoms with van der Waals surface area (Å²) in [4.78, 5) is 0. The second-order valence-electron chi connectivity index (χ2n) is 3.51. The van der Waals surface area contributed by atoms with Gasteiger partial charge in [0.2, 0.25) is 0 Å². The Kier molecular flexibility index (Phi) is 2.42. The van der Waals surface area contributed by atoms with Crippen LogP contribution in [0.3, 0.4) is 0 Å². The predicted octanol–water partition coefficient (Wildman–Crippen LogP) is 3.51. The van der Waals surface area contributed by atoms with Crippen molar-refractivity contribution in [3.63, 3.8) is 0 Å². The second-order valence-corrected chi connectivity index (χ2v) is 3.51. The number of phenolic OH excluding ortho intramolecular Hbond substituents is 1. The van der Waals surface area contributed by atoms with Crippen molar-refractivity contribution in [3.8, 4) is 16.9 Å². The van der Waals surface area contributed by atoms with E-state index in [1.54, 1.807) is 24.3 Å². The molecule has 1 N–H and O–H groups in total. The molecule has 2 heteroatoms. The number of rotatable bonds is 1. The molecule has 0 spiro atoms. The summed E-state index contributed by atoms with van der Waals surface area (Å²) in [6.07, 6.45) is 0. The Morgan fingerprint density at radius 3 is 2.33 bits per heavy atom. The van der Waals surface area contributed by atoms with Crippen LogP contribution in [0.15, 0.2) is 42.5 Å². The summed E-state index contributed by atoms with van der Waals surface area (Å²) in [5, 5.41) is 9.38. The van der Waals surface area contributed by atoms with E-state index in [9.17, 15) is 9.50 Å². The molecule has 0 atom stereocenters. The van der Waals surface area contributed by atoms with E-state index in [2.05, 4.69) is 0 Å². The SMILES string of the molecule is Cc1ccc(O)cc1-c1ccc(F)cc1. The van der Waals surface area contributed by atoms with E-state index in [1.807, 2.05) is 13.0 Å². The highest BCUT2D eigenvalue weighted by atomic mass is 19.1. The third-order valence-corrected chi connectivity index (χ3v) is 2.38. The summed E-state index contributed by atoms with van der Waals surface area (Å²) in [5.41, 5.74) is 2.89. The van der Waals surface area contributed by atoms with Crippen molar-refractivity contribution >= 4 is 0 Å². The fraction of sp³-hybridized carbons (Fsp3) is 0.0769. The van der Waals surface area contributed by atoms with Gasteiger partial charge < -0.3 is 5.11 Å². The predicted molar refractivity (Wildman–Crippen MR) is 58.2 cm³/mol. The van der Waals surface area contributed by atoms with E-state index >= 15 is 0 Å². The van der Waals surface area contributed by atoms with Crippen molar-refractivity contribution in [3.05, 3.63) is 53.8 Å². The number of aryl methyl sites for hydroxylation is 1. The maximum Gasteiger partial charge on any atom is 0.123 e. The highest BCUT2D eigenvalue weighted by Gasteiger charge is 2.02. The lowest BCUT2D eigenvalue weighted by Gasteiger charge is -2.06. The quantitative estimate of drug-likeness (QED) is 0.750. The van der Waals surface area contributed by atoms with Crippen molar-refractivity contribution in [2.75, 3.05) is 0 Å². The fourth-order valence-corrected chi connectivity index (χ4v) is 1.55. The molecule has 0 bridgehead atoms. The zero-order valence-corrected chi connectivity index (χ0v) is 8.37. The maximum absolute atomic E-state index is 12.7. The summed E-state index contributed by atoms with van der Waals surface area (Å²) >= 11 is 0. The molecule has 0 fully saturated rings. The minimum atomic E-state index is -0.253. The lowest BCUT2D eigenvalue weighted by atomic mass is 10.0. The number of benzene rings is 2. The monoisotopic (exact) mass is 202 g/mol. The fourth-order valence-electron chi connectivity index (χ4n) is 1.55. The highest BCUT2D eigenvalue weighted by Crippen LogP contribution is 2.26. The molecule has 0 aromatic heterocycles. The van der Waals surface area contributed by atoms with Crippen LogP contribution in [0.2, 0.25) is 0 Å². The molecule has 0 heterocycles. The van der Waals surface area contributed by atoms with Gasteiger partial charge in [-0.3, -0.25) is 0 Å². The first-order valence-corrected chi connectivity index (χ1v) is 4.72. The molecular weight excluding hydrogens is 191 g/mol. The number of phenols is 1. The van der Waals surface area contributed by atoms with E-state index < -0.39 is 0 Å². The Bertz CT molecular complexity index is 474. The summed E-state index contributed by atoms with van der Waals surface area (Å²) in [6.45, 7) is 1.96. The Balaban J connectivity index is 2.53. The third kappa shape index (κ3) is 1.99. The molecule has 0 saturated heterocycles. The molecule has 2 aromatic carbocycles. The van der Waals surface area contributed by atoms with E-state index in [1.165, 1.54) is 12.1 Å². The molecule has 0 aliphatic carbocycles. The van der Waals surface area contributed by atoms with Crippen molar-refractivity contribution < 1.29 is 9.50 Å². The minimum Gasteiger partial charge on any atom is -0.508 e. The first-order valence-electron chi connectivity index (χ1n) is 4.72. The van der Waals surface area contributed by atoms with Crippen LogP contribution in [0, 0.1) is 12.7 Å². The molecule has 0 saturated carbocycles. The molecule has 15 heavy (non-hydrogen) atoms. The minimum absolute atomic E-state index is 0.222. The first kappa shape index (κ1) is 9.71. The number of aromatic hydroxyl groups is 1. The molecule has 0 aliphatic rings. The van der Waals surface area contributed by atoms with Gasteiger partial charge in [0.15, 0.2) is 0 Å². The van der Waals surface area contributed by atoms with E-state index in [0.29, 0.717) is 0 Å². The Morgan fingerprint density at radius 1 is 1.00 bits per heavy atom. The Hall–Kier alpha value is -1.83. The van der Waals surface area contributed by atoms with Crippen LogP contribution >= 0.6 is 0 Å². The molecule has 0 unspecified atom stereocenters. The van der Waals surface area contributed by atoms with E-state index in [0.717, 1.165) is 16.7 Å². The van der Waals surface area contributed by atoms with Gasteiger partial charge in [-0.1, -0.05) is 18.2 Å². The number of halogens is 1. The molecule has 2 aromatic rings. The summed E-state index contributed by atoms with van der Waals surface area (Å²) in [5.74, 6) is -0.0310. The molecular formula is C13H11FO. The molecule has 2 rings (SSSR count). The zero-order chi connectivity index (χ0) is 10.8. The lowest BCUT2D eigenvalue weighted by Crippen LogP contribution is -1.83.